The van der Waals surface area contributed by atoms with Crippen molar-refractivity contribution in [2.24, 2.45) is 0 Å². The minimum atomic E-state index is -0.120. The van der Waals surface area contributed by atoms with Crippen LogP contribution in [0.25, 0.3) is 10.9 Å². The lowest BCUT2D eigenvalue weighted by atomic mass is 9.78. The zero-order chi connectivity index (χ0) is 22.0. The molecule has 1 saturated carbocycles. The number of aromatic amines is 1. The van der Waals surface area contributed by atoms with Gasteiger partial charge in [0.2, 0.25) is 0 Å². The van der Waals surface area contributed by atoms with Crippen molar-refractivity contribution in [3.63, 3.8) is 0 Å². The maximum absolute atomic E-state index is 13.2. The molecule has 1 aromatic heterocycles. The number of H-pyrrole nitrogens is 1. The topological polar surface area (TPSA) is 71.9 Å². The van der Waals surface area contributed by atoms with Gasteiger partial charge in [0.15, 0.2) is 0 Å². The largest absolute Gasteiger partial charge is 0.361 e. The molecule has 1 aliphatic heterocycles. The smallest absolute Gasteiger partial charge is 0.251 e. The van der Waals surface area contributed by atoms with Crippen molar-refractivity contribution in [3.8, 4) is 6.07 Å². The highest BCUT2D eigenvalue weighted by Gasteiger charge is 2.34. The predicted octanol–water partition coefficient (Wildman–Crippen LogP) is 4.92. The van der Waals surface area contributed by atoms with Crippen LogP contribution in [0, 0.1) is 11.3 Å². The molecule has 0 bridgehead atoms. The van der Waals surface area contributed by atoms with Gasteiger partial charge in [0.25, 0.3) is 5.91 Å². The van der Waals surface area contributed by atoms with Crippen LogP contribution in [0.4, 0.5) is 0 Å². The van der Waals surface area contributed by atoms with Gasteiger partial charge < -0.3 is 10.3 Å². The van der Waals surface area contributed by atoms with Crippen molar-refractivity contribution >= 4 is 16.8 Å². The second kappa shape index (κ2) is 8.80. The van der Waals surface area contributed by atoms with Crippen molar-refractivity contribution in [3.05, 3.63) is 70.9 Å². The number of aromatic nitrogens is 1. The first kappa shape index (κ1) is 20.8. The van der Waals surface area contributed by atoms with Crippen LogP contribution in [0.15, 0.2) is 48.7 Å². The van der Waals surface area contributed by atoms with E-state index in [0.717, 1.165) is 67.3 Å². The number of carbonyl (C=O) groups excluding carboxylic acids is 1. The molecule has 2 aromatic carbocycles. The lowest BCUT2D eigenvalue weighted by molar-refractivity contribution is 0.0840. The Labute approximate surface area is 189 Å². The van der Waals surface area contributed by atoms with Gasteiger partial charge >= 0.3 is 0 Å². The number of benzene rings is 2. The SMILES string of the molecule is N#Cc1ccc2c(c1)CCN(CCC1(NC(=O)c3ccc4cc[nH]c4c3)CCCCC1)C2. The van der Waals surface area contributed by atoms with Crippen LogP contribution < -0.4 is 5.32 Å². The molecule has 2 heterocycles. The third-order valence-electron chi connectivity index (χ3n) is 7.34. The second-order valence-electron chi connectivity index (χ2n) is 9.45. The molecule has 5 heteroatoms. The Bertz CT molecular complexity index is 1170. The molecule has 32 heavy (non-hydrogen) atoms. The van der Waals surface area contributed by atoms with E-state index in [0.29, 0.717) is 0 Å². The molecule has 1 amide bonds. The molecule has 0 unspecified atom stereocenters. The number of rotatable bonds is 5. The second-order valence-corrected chi connectivity index (χ2v) is 9.45. The summed E-state index contributed by atoms with van der Waals surface area (Å²) in [7, 11) is 0. The third kappa shape index (κ3) is 4.28. The highest BCUT2D eigenvalue weighted by Crippen LogP contribution is 2.32. The van der Waals surface area contributed by atoms with Crippen LogP contribution in [-0.4, -0.2) is 34.4 Å². The molecule has 0 saturated heterocycles. The molecule has 1 aliphatic carbocycles. The van der Waals surface area contributed by atoms with Gasteiger partial charge in [-0.15, -0.1) is 0 Å². The maximum atomic E-state index is 13.2. The zero-order valence-electron chi connectivity index (χ0n) is 18.5. The van der Waals surface area contributed by atoms with Crippen molar-refractivity contribution in [1.82, 2.24) is 15.2 Å². The molecular formula is C27H30N4O. The summed E-state index contributed by atoms with van der Waals surface area (Å²) >= 11 is 0. The van der Waals surface area contributed by atoms with Gasteiger partial charge in [0.05, 0.1) is 11.6 Å². The Balaban J connectivity index is 1.27. The Kier molecular flexibility index (Phi) is 5.71. The molecule has 5 rings (SSSR count). The minimum absolute atomic E-state index is 0.0384. The fraction of sp³-hybridized carbons (Fsp3) is 0.407. The molecule has 0 radical (unpaired) electrons. The molecule has 3 aromatic rings. The summed E-state index contributed by atoms with van der Waals surface area (Å²) in [5.41, 5.74) is 4.99. The van der Waals surface area contributed by atoms with Crippen LogP contribution in [-0.2, 0) is 13.0 Å². The van der Waals surface area contributed by atoms with Gasteiger partial charge in [-0.05, 0) is 72.5 Å². The quantitative estimate of drug-likeness (QED) is 0.608. The van der Waals surface area contributed by atoms with Gasteiger partial charge in [-0.2, -0.15) is 5.26 Å². The number of amides is 1. The Hall–Kier alpha value is -3.10. The van der Waals surface area contributed by atoms with Crippen molar-refractivity contribution in [2.75, 3.05) is 13.1 Å². The number of fused-ring (bicyclic) bond motifs is 2. The molecule has 1 fully saturated rings. The zero-order valence-corrected chi connectivity index (χ0v) is 18.5. The first-order valence-electron chi connectivity index (χ1n) is 11.8. The summed E-state index contributed by atoms with van der Waals surface area (Å²) in [6, 6.07) is 16.2. The summed E-state index contributed by atoms with van der Waals surface area (Å²) in [6.45, 7) is 2.92. The van der Waals surface area contributed by atoms with Gasteiger partial charge in [0, 0.05) is 42.5 Å². The van der Waals surface area contributed by atoms with E-state index in [1.54, 1.807) is 0 Å². The molecular weight excluding hydrogens is 396 g/mol. The van der Waals surface area contributed by atoms with E-state index in [1.165, 1.54) is 30.4 Å². The third-order valence-corrected chi connectivity index (χ3v) is 7.34. The fourth-order valence-electron chi connectivity index (χ4n) is 5.41. The normalized spacial score (nSPS) is 18.1. The fourth-order valence-corrected chi connectivity index (χ4v) is 5.41. The van der Waals surface area contributed by atoms with Crippen molar-refractivity contribution in [2.45, 2.75) is 57.0 Å². The van der Waals surface area contributed by atoms with E-state index in [2.05, 4.69) is 27.3 Å². The van der Waals surface area contributed by atoms with E-state index < -0.39 is 0 Å². The van der Waals surface area contributed by atoms with E-state index in [1.807, 2.05) is 42.6 Å². The van der Waals surface area contributed by atoms with Crippen molar-refractivity contribution in [1.29, 1.82) is 5.26 Å². The van der Waals surface area contributed by atoms with Crippen LogP contribution >= 0.6 is 0 Å². The van der Waals surface area contributed by atoms with Crippen LogP contribution in [0.2, 0.25) is 0 Å². The monoisotopic (exact) mass is 426 g/mol. The van der Waals surface area contributed by atoms with Crippen LogP contribution in [0.1, 0.15) is 65.6 Å². The van der Waals surface area contributed by atoms with Crippen molar-refractivity contribution < 1.29 is 4.79 Å². The Morgan fingerprint density at radius 1 is 1.09 bits per heavy atom. The molecule has 2 aliphatic rings. The lowest BCUT2D eigenvalue weighted by Gasteiger charge is -2.40. The van der Waals surface area contributed by atoms with Gasteiger partial charge in [-0.1, -0.05) is 31.4 Å². The van der Waals surface area contributed by atoms with Crippen LogP contribution in [0.3, 0.4) is 0 Å². The maximum Gasteiger partial charge on any atom is 0.251 e. The minimum Gasteiger partial charge on any atom is -0.361 e. The molecule has 0 atom stereocenters. The van der Waals surface area contributed by atoms with Gasteiger partial charge in [-0.3, -0.25) is 9.69 Å². The number of nitriles is 1. The van der Waals surface area contributed by atoms with E-state index in [-0.39, 0.29) is 11.4 Å². The van der Waals surface area contributed by atoms with Crippen LogP contribution in [0.5, 0.6) is 0 Å². The summed E-state index contributed by atoms with van der Waals surface area (Å²) < 4.78 is 0. The number of carbonyl (C=O) groups is 1. The van der Waals surface area contributed by atoms with E-state index in [4.69, 9.17) is 5.26 Å². The summed E-state index contributed by atoms with van der Waals surface area (Å²) in [6.07, 6.45) is 9.59. The predicted molar refractivity (Wildman–Crippen MR) is 126 cm³/mol. The molecule has 5 nitrogen and oxygen atoms in total. The number of hydrogen-bond acceptors (Lipinski definition) is 3. The summed E-state index contributed by atoms with van der Waals surface area (Å²) in [5.74, 6) is 0.0384. The number of nitrogens with zero attached hydrogens (tertiary/aromatic N) is 2. The average molecular weight is 427 g/mol. The Morgan fingerprint density at radius 2 is 1.97 bits per heavy atom. The first-order valence-corrected chi connectivity index (χ1v) is 11.8. The molecule has 0 spiro atoms. The Morgan fingerprint density at radius 3 is 2.81 bits per heavy atom. The molecule has 2 N–H and O–H groups in total. The average Bonchev–Trinajstić information content (AvgIpc) is 3.31. The summed E-state index contributed by atoms with van der Waals surface area (Å²) in [4.78, 5) is 18.9. The van der Waals surface area contributed by atoms with E-state index in [9.17, 15) is 4.79 Å². The standard InChI is InChI=1S/C27H30N4O/c28-18-20-4-5-24-19-31(14-9-22(24)16-20)15-12-27(10-2-1-3-11-27)30-26(32)23-7-6-21-8-13-29-25(21)17-23/h4-8,13,16-17,29H,1-3,9-12,14-15,19H2,(H,30,32). The number of nitrogens with one attached hydrogen (secondary N) is 2. The van der Waals surface area contributed by atoms with Gasteiger partial charge in [-0.25, -0.2) is 0 Å². The van der Waals surface area contributed by atoms with E-state index >= 15 is 0 Å². The number of hydrogen-bond donors (Lipinski definition) is 2. The first-order chi connectivity index (χ1) is 15.6. The van der Waals surface area contributed by atoms with Gasteiger partial charge in [0.1, 0.15) is 0 Å². The summed E-state index contributed by atoms with van der Waals surface area (Å²) in [5, 5.41) is 13.7. The molecule has 164 valence electrons. The highest BCUT2D eigenvalue weighted by molar-refractivity contribution is 5.98. The highest BCUT2D eigenvalue weighted by atomic mass is 16.1. The lowest BCUT2D eigenvalue weighted by Crippen LogP contribution is -2.51.